The van der Waals surface area contributed by atoms with Crippen LogP contribution in [0.15, 0.2) is 42.5 Å². The summed E-state index contributed by atoms with van der Waals surface area (Å²) in [5.74, 6) is 5.25. The van der Waals surface area contributed by atoms with E-state index in [1.165, 1.54) is 12.1 Å². The van der Waals surface area contributed by atoms with Crippen LogP contribution in [0.4, 0.5) is 8.78 Å². The zero-order valence-corrected chi connectivity index (χ0v) is 16.1. The highest BCUT2D eigenvalue weighted by molar-refractivity contribution is 5.97. The van der Waals surface area contributed by atoms with Crippen molar-refractivity contribution in [3.05, 3.63) is 48.0 Å². The summed E-state index contributed by atoms with van der Waals surface area (Å²) in [6, 6.07) is 12.0. The maximum atomic E-state index is 12.9. The number of hydrogen-bond donors (Lipinski definition) is 3. The van der Waals surface area contributed by atoms with E-state index >= 15 is 0 Å². The van der Waals surface area contributed by atoms with Gasteiger partial charge in [0.25, 0.3) is 12.3 Å². The first-order chi connectivity index (χ1) is 14.6. The third kappa shape index (κ3) is 3.82. The van der Waals surface area contributed by atoms with Crippen molar-refractivity contribution in [3.63, 3.8) is 0 Å². The zero-order valence-electron chi connectivity index (χ0n) is 16.1. The second-order valence-corrected chi connectivity index (χ2v) is 6.56. The Labute approximate surface area is 170 Å². The third-order valence-corrected chi connectivity index (χ3v) is 4.60. The molecule has 0 aliphatic heterocycles. The van der Waals surface area contributed by atoms with Crippen LogP contribution in [-0.2, 0) is 4.79 Å². The first-order valence-corrected chi connectivity index (χ1v) is 9.28. The molecule has 2 aromatic carbocycles. The molecular formula is C22H18F2N4O2. The molecule has 1 amide bonds. The number of H-pyrrole nitrogens is 2. The molecule has 0 unspecified atom stereocenters. The van der Waals surface area contributed by atoms with E-state index in [0.29, 0.717) is 30.1 Å². The van der Waals surface area contributed by atoms with E-state index in [0.717, 1.165) is 22.0 Å². The summed E-state index contributed by atoms with van der Waals surface area (Å²) >= 11 is 0. The zero-order chi connectivity index (χ0) is 21.1. The molecule has 3 N–H and O–H groups in total. The lowest BCUT2D eigenvalue weighted by atomic mass is 10.1. The predicted octanol–water partition coefficient (Wildman–Crippen LogP) is 4.17. The molecule has 0 aliphatic carbocycles. The summed E-state index contributed by atoms with van der Waals surface area (Å²) in [7, 11) is 0. The second-order valence-electron chi connectivity index (χ2n) is 6.56. The molecule has 8 heteroatoms. The van der Waals surface area contributed by atoms with Crippen molar-refractivity contribution in [3.8, 4) is 29.0 Å². The summed E-state index contributed by atoms with van der Waals surface area (Å²) in [6.45, 7) is 2.22. The molecule has 0 atom stereocenters. The van der Waals surface area contributed by atoms with Crippen LogP contribution in [0.25, 0.3) is 33.2 Å². The van der Waals surface area contributed by atoms with Gasteiger partial charge < -0.3 is 15.0 Å². The van der Waals surface area contributed by atoms with Crippen molar-refractivity contribution in [2.45, 2.75) is 13.3 Å². The number of hydrogen-bond acceptors (Lipinski definition) is 3. The fourth-order valence-electron chi connectivity index (χ4n) is 3.24. The molecule has 0 spiro atoms. The molecule has 30 heavy (non-hydrogen) atoms. The number of carbonyl (C=O) groups excluding carboxylic acids is 1. The van der Waals surface area contributed by atoms with Crippen LogP contribution in [0.2, 0.25) is 0 Å². The number of aromatic nitrogens is 3. The SMILES string of the molecule is CC#CC(=O)NCCOc1cccc2[nH]c(-c3n[nH]c4cc(C(F)F)ccc34)cc12. The first kappa shape index (κ1) is 19.5. The number of alkyl halides is 2. The van der Waals surface area contributed by atoms with Gasteiger partial charge in [0.15, 0.2) is 0 Å². The summed E-state index contributed by atoms with van der Waals surface area (Å²) in [6.07, 6.45) is -2.53. The number of nitrogens with one attached hydrogen (secondary N) is 3. The number of aromatic amines is 2. The van der Waals surface area contributed by atoms with Gasteiger partial charge in [0, 0.05) is 21.9 Å². The van der Waals surface area contributed by atoms with Crippen molar-refractivity contribution in [2.75, 3.05) is 13.2 Å². The smallest absolute Gasteiger partial charge is 0.295 e. The topological polar surface area (TPSA) is 82.8 Å². The Morgan fingerprint density at radius 1 is 1.20 bits per heavy atom. The molecular weight excluding hydrogens is 390 g/mol. The lowest BCUT2D eigenvalue weighted by Crippen LogP contribution is -2.26. The number of rotatable bonds is 6. The van der Waals surface area contributed by atoms with Crippen LogP contribution >= 0.6 is 0 Å². The Bertz CT molecular complexity index is 1280. The van der Waals surface area contributed by atoms with Gasteiger partial charge in [-0.15, -0.1) is 0 Å². The highest BCUT2D eigenvalue weighted by Crippen LogP contribution is 2.33. The van der Waals surface area contributed by atoms with E-state index in [2.05, 4.69) is 32.3 Å². The van der Waals surface area contributed by atoms with Crippen LogP contribution in [0.3, 0.4) is 0 Å². The number of carbonyl (C=O) groups is 1. The average molecular weight is 408 g/mol. The fourth-order valence-corrected chi connectivity index (χ4v) is 3.24. The molecule has 0 saturated carbocycles. The van der Waals surface area contributed by atoms with Crippen LogP contribution in [0.1, 0.15) is 18.9 Å². The van der Waals surface area contributed by atoms with Gasteiger partial charge in [0.2, 0.25) is 0 Å². The summed E-state index contributed by atoms with van der Waals surface area (Å²) < 4.78 is 31.7. The van der Waals surface area contributed by atoms with Crippen molar-refractivity contribution in [1.82, 2.24) is 20.5 Å². The summed E-state index contributed by atoms with van der Waals surface area (Å²) in [4.78, 5) is 14.7. The largest absolute Gasteiger partial charge is 0.491 e. The van der Waals surface area contributed by atoms with Gasteiger partial charge in [-0.05, 0) is 37.1 Å². The van der Waals surface area contributed by atoms with E-state index in [1.807, 2.05) is 24.3 Å². The standard InChI is InChI=1S/C22H18F2N4O2/c1-2-4-20(29)25-9-10-30-19-6-3-5-16-15(19)12-18(26-16)21-14-8-7-13(22(23)24)11-17(14)27-28-21/h3,5-8,11-12,22,26H,9-10H2,1H3,(H,25,29)(H,27,28). The number of fused-ring (bicyclic) bond motifs is 2. The van der Waals surface area contributed by atoms with Crippen LogP contribution < -0.4 is 10.1 Å². The average Bonchev–Trinajstić information content (AvgIpc) is 3.35. The van der Waals surface area contributed by atoms with Crippen LogP contribution in [-0.4, -0.2) is 34.2 Å². The van der Waals surface area contributed by atoms with Gasteiger partial charge in [-0.1, -0.05) is 24.1 Å². The van der Waals surface area contributed by atoms with E-state index in [1.54, 1.807) is 13.0 Å². The van der Waals surface area contributed by atoms with Gasteiger partial charge in [-0.3, -0.25) is 9.89 Å². The van der Waals surface area contributed by atoms with E-state index in [9.17, 15) is 13.6 Å². The number of amides is 1. The third-order valence-electron chi connectivity index (χ3n) is 4.60. The Morgan fingerprint density at radius 2 is 2.07 bits per heavy atom. The Balaban J connectivity index is 1.58. The number of benzene rings is 2. The molecule has 4 aromatic rings. The van der Waals surface area contributed by atoms with E-state index < -0.39 is 6.43 Å². The molecule has 152 valence electrons. The summed E-state index contributed by atoms with van der Waals surface area (Å²) in [5, 5.41) is 11.4. The van der Waals surface area contributed by atoms with Gasteiger partial charge in [-0.2, -0.15) is 5.10 Å². The minimum absolute atomic E-state index is 0.0537. The first-order valence-electron chi connectivity index (χ1n) is 9.28. The van der Waals surface area contributed by atoms with Crippen molar-refractivity contribution < 1.29 is 18.3 Å². The molecule has 0 bridgehead atoms. The van der Waals surface area contributed by atoms with Gasteiger partial charge in [0.05, 0.1) is 17.8 Å². The van der Waals surface area contributed by atoms with Crippen LogP contribution in [0.5, 0.6) is 5.75 Å². The normalized spacial score (nSPS) is 10.9. The van der Waals surface area contributed by atoms with Gasteiger partial charge in [0.1, 0.15) is 18.1 Å². The second kappa shape index (κ2) is 8.25. The Hall–Kier alpha value is -3.86. The molecule has 6 nitrogen and oxygen atoms in total. The molecule has 0 aliphatic rings. The quantitative estimate of drug-likeness (QED) is 0.331. The maximum absolute atomic E-state index is 12.9. The number of halogens is 2. The van der Waals surface area contributed by atoms with Crippen LogP contribution in [0, 0.1) is 11.8 Å². The van der Waals surface area contributed by atoms with Gasteiger partial charge >= 0.3 is 0 Å². The minimum atomic E-state index is -2.53. The highest BCUT2D eigenvalue weighted by Gasteiger charge is 2.15. The van der Waals surface area contributed by atoms with Gasteiger partial charge in [-0.25, -0.2) is 8.78 Å². The van der Waals surface area contributed by atoms with Crippen molar-refractivity contribution in [2.24, 2.45) is 0 Å². The number of ether oxygens (including phenoxy) is 1. The fraction of sp³-hybridized carbons (Fsp3) is 0.182. The molecule has 2 heterocycles. The Morgan fingerprint density at radius 3 is 2.87 bits per heavy atom. The Kier molecular flexibility index (Phi) is 5.35. The predicted molar refractivity (Wildman–Crippen MR) is 110 cm³/mol. The van der Waals surface area contributed by atoms with Crippen molar-refractivity contribution in [1.29, 1.82) is 0 Å². The van der Waals surface area contributed by atoms with E-state index in [-0.39, 0.29) is 11.5 Å². The maximum Gasteiger partial charge on any atom is 0.295 e. The molecule has 2 aromatic heterocycles. The molecule has 0 fully saturated rings. The van der Waals surface area contributed by atoms with E-state index in [4.69, 9.17) is 4.74 Å². The highest BCUT2D eigenvalue weighted by atomic mass is 19.3. The monoisotopic (exact) mass is 408 g/mol. The lowest BCUT2D eigenvalue weighted by Gasteiger charge is -2.07. The minimum Gasteiger partial charge on any atom is -0.491 e. The van der Waals surface area contributed by atoms with Crippen molar-refractivity contribution >= 4 is 27.7 Å². The molecule has 4 rings (SSSR count). The lowest BCUT2D eigenvalue weighted by molar-refractivity contribution is -0.115. The molecule has 0 saturated heterocycles. The number of nitrogens with zero attached hydrogens (tertiary/aromatic N) is 1. The summed E-state index contributed by atoms with van der Waals surface area (Å²) in [5.41, 5.74) is 2.72. The molecule has 0 radical (unpaired) electrons.